The van der Waals surface area contributed by atoms with Crippen LogP contribution in [0.25, 0.3) is 0 Å². The molecule has 0 fully saturated rings. The summed E-state index contributed by atoms with van der Waals surface area (Å²) in [6.45, 7) is 5.17. The molecule has 4 nitrogen and oxygen atoms in total. The first kappa shape index (κ1) is 18.4. The zero-order chi connectivity index (χ0) is 17.4. The number of methoxy groups -OCH3 is 2. The molecule has 0 N–H and O–H groups in total. The summed E-state index contributed by atoms with van der Waals surface area (Å²) in [5.74, 6) is 7.20. The molecule has 2 aromatic rings. The van der Waals surface area contributed by atoms with Crippen LogP contribution in [0.15, 0.2) is 36.4 Å². The lowest BCUT2D eigenvalue weighted by atomic mass is 10.2. The van der Waals surface area contributed by atoms with E-state index in [1.54, 1.807) is 14.2 Å². The Kier molecular flexibility index (Phi) is 7.21. The highest BCUT2D eigenvalue weighted by molar-refractivity contribution is 7.59. The second-order valence-electron chi connectivity index (χ2n) is 5.03. The summed E-state index contributed by atoms with van der Waals surface area (Å²) in [6.07, 6.45) is 0. The van der Waals surface area contributed by atoms with Crippen LogP contribution in [0.1, 0.15) is 23.7 Å². The summed E-state index contributed by atoms with van der Waals surface area (Å²) in [4.78, 5) is 4.61. The molecule has 1 atom stereocenters. The van der Waals surface area contributed by atoms with Crippen molar-refractivity contribution in [3.05, 3.63) is 53.2 Å². The second-order valence-corrected chi connectivity index (χ2v) is 6.74. The highest BCUT2D eigenvalue weighted by Crippen LogP contribution is 2.30. The molecule has 126 valence electrons. The Hall–Kier alpha value is -1.92. The average Bonchev–Trinajstić information content (AvgIpc) is 2.61. The van der Waals surface area contributed by atoms with Gasteiger partial charge in [-0.25, -0.2) is 4.98 Å². The molecule has 1 unspecified atom stereocenters. The molecule has 24 heavy (non-hydrogen) atoms. The molecule has 0 aliphatic rings. The molecule has 0 spiro atoms. The van der Waals surface area contributed by atoms with Gasteiger partial charge in [-0.2, -0.15) is 0 Å². The largest absolute Gasteiger partial charge is 0.497 e. The van der Waals surface area contributed by atoms with Crippen LogP contribution in [0.3, 0.4) is 0 Å². The maximum atomic E-state index is 5.70. The maximum Gasteiger partial charge on any atom is 0.118 e. The van der Waals surface area contributed by atoms with Gasteiger partial charge >= 0.3 is 0 Å². The fourth-order valence-electron chi connectivity index (χ4n) is 2.11. The fourth-order valence-corrected chi connectivity index (χ4v) is 3.22. The first-order chi connectivity index (χ1) is 11.7. The maximum absolute atomic E-state index is 5.70. The number of ether oxygens (including phenoxy) is 2. The summed E-state index contributed by atoms with van der Waals surface area (Å²) in [6, 6.07) is 11.6. The number of pyridine rings is 1. The molecule has 0 bridgehead atoms. The summed E-state index contributed by atoms with van der Waals surface area (Å²) in [5.41, 5.74) is 3.64. The van der Waals surface area contributed by atoms with Gasteiger partial charge in [0.05, 0.1) is 33.0 Å². The first-order valence-corrected chi connectivity index (χ1v) is 9.39. The van der Waals surface area contributed by atoms with E-state index in [2.05, 4.69) is 23.5 Å². The minimum absolute atomic E-state index is 0.459. The molecule has 2 rings (SSSR count). The van der Waals surface area contributed by atoms with E-state index in [0.29, 0.717) is 13.2 Å². The second kappa shape index (κ2) is 9.39. The fraction of sp³-hybridized carbons (Fsp3) is 0.316. The van der Waals surface area contributed by atoms with E-state index in [0.717, 1.165) is 28.0 Å². The predicted octanol–water partition coefficient (Wildman–Crippen LogP) is 3.32. The molecular weight excluding hydrogens is 321 g/mol. The highest BCUT2D eigenvalue weighted by atomic mass is 31.1. The van der Waals surface area contributed by atoms with Gasteiger partial charge in [0.15, 0.2) is 0 Å². The van der Waals surface area contributed by atoms with Crippen LogP contribution in [0.5, 0.6) is 5.75 Å². The average molecular weight is 343 g/mol. The Balaban J connectivity index is 2.29. The standard InChI is InChI=1S/C19H22NO3P/c1-5-23-24(4)19-13-16(12-17(20-19)14-21-2)7-6-15-8-10-18(22-3)11-9-15/h8-13H,5,14H2,1-4H3. The number of hydrogen-bond donors (Lipinski definition) is 0. The van der Waals surface area contributed by atoms with E-state index in [1.165, 1.54) is 0 Å². The van der Waals surface area contributed by atoms with Gasteiger partial charge in [-0.15, -0.1) is 0 Å². The van der Waals surface area contributed by atoms with Crippen molar-refractivity contribution in [2.75, 3.05) is 27.5 Å². The molecule has 0 aliphatic carbocycles. The van der Waals surface area contributed by atoms with E-state index >= 15 is 0 Å². The van der Waals surface area contributed by atoms with Crippen LogP contribution in [0.2, 0.25) is 0 Å². The zero-order valence-corrected chi connectivity index (χ0v) is 15.4. The Labute approximate surface area is 145 Å². The summed E-state index contributed by atoms with van der Waals surface area (Å²) >= 11 is 0. The lowest BCUT2D eigenvalue weighted by Gasteiger charge is -2.12. The van der Waals surface area contributed by atoms with Crippen molar-refractivity contribution in [1.29, 1.82) is 0 Å². The van der Waals surface area contributed by atoms with Gasteiger partial charge < -0.3 is 14.0 Å². The molecule has 0 saturated carbocycles. The van der Waals surface area contributed by atoms with Crippen molar-refractivity contribution in [3.8, 4) is 17.6 Å². The number of hydrogen-bond acceptors (Lipinski definition) is 4. The summed E-state index contributed by atoms with van der Waals surface area (Å²) in [7, 11) is 2.57. The van der Waals surface area contributed by atoms with Crippen molar-refractivity contribution in [1.82, 2.24) is 4.98 Å². The Bertz CT molecular complexity index is 720. The third-order valence-electron chi connectivity index (χ3n) is 3.24. The SMILES string of the molecule is CCOP(C)c1cc(C#Cc2ccc(OC)cc2)cc(COC)n1. The number of aromatic nitrogens is 1. The van der Waals surface area contributed by atoms with Gasteiger partial charge in [0.1, 0.15) is 5.75 Å². The topological polar surface area (TPSA) is 40.6 Å². The highest BCUT2D eigenvalue weighted by Gasteiger charge is 2.09. The third kappa shape index (κ3) is 5.32. The van der Waals surface area contributed by atoms with Gasteiger partial charge in [0, 0.05) is 24.8 Å². The minimum atomic E-state index is -0.741. The van der Waals surface area contributed by atoms with Crippen molar-refractivity contribution in [2.45, 2.75) is 13.5 Å². The molecule has 5 heteroatoms. The van der Waals surface area contributed by atoms with E-state index in [9.17, 15) is 0 Å². The third-order valence-corrected chi connectivity index (χ3v) is 4.76. The van der Waals surface area contributed by atoms with Crippen molar-refractivity contribution < 1.29 is 14.0 Å². The van der Waals surface area contributed by atoms with Crippen molar-refractivity contribution in [2.24, 2.45) is 0 Å². The molecule has 1 aromatic carbocycles. The summed E-state index contributed by atoms with van der Waals surface area (Å²) in [5, 5.41) is 0. The van der Waals surface area contributed by atoms with Gasteiger partial charge in [0.2, 0.25) is 0 Å². The normalized spacial score (nSPS) is 11.5. The van der Waals surface area contributed by atoms with Crippen LogP contribution < -0.4 is 10.2 Å². The van der Waals surface area contributed by atoms with Crippen LogP contribution in [0.4, 0.5) is 0 Å². The van der Waals surface area contributed by atoms with Crippen LogP contribution in [-0.2, 0) is 15.9 Å². The molecule has 0 aliphatic heterocycles. The number of rotatable bonds is 6. The van der Waals surface area contributed by atoms with Gasteiger partial charge in [-0.1, -0.05) is 11.8 Å². The Morgan fingerprint density at radius 1 is 1.04 bits per heavy atom. The quantitative estimate of drug-likeness (QED) is 0.596. The summed E-state index contributed by atoms with van der Waals surface area (Å²) < 4.78 is 16.1. The molecule has 0 saturated heterocycles. The lowest BCUT2D eigenvalue weighted by Crippen LogP contribution is -2.11. The van der Waals surface area contributed by atoms with Gasteiger partial charge in [-0.3, -0.25) is 0 Å². The van der Waals surface area contributed by atoms with Crippen molar-refractivity contribution >= 4 is 13.6 Å². The molecule has 0 radical (unpaired) electrons. The van der Waals surface area contributed by atoms with E-state index in [1.807, 2.05) is 43.3 Å². The Morgan fingerprint density at radius 3 is 2.38 bits per heavy atom. The zero-order valence-electron chi connectivity index (χ0n) is 14.5. The van der Waals surface area contributed by atoms with Gasteiger partial charge in [-0.05, 0) is 50.0 Å². The number of nitrogens with zero attached hydrogens (tertiary/aromatic N) is 1. The Morgan fingerprint density at radius 2 is 1.75 bits per heavy atom. The van der Waals surface area contributed by atoms with E-state index in [-0.39, 0.29) is 0 Å². The lowest BCUT2D eigenvalue weighted by molar-refractivity contribution is 0.181. The molecule has 1 heterocycles. The number of benzene rings is 1. The van der Waals surface area contributed by atoms with Crippen molar-refractivity contribution in [3.63, 3.8) is 0 Å². The monoisotopic (exact) mass is 343 g/mol. The van der Waals surface area contributed by atoms with Crippen LogP contribution in [0, 0.1) is 11.8 Å². The smallest absolute Gasteiger partial charge is 0.118 e. The van der Waals surface area contributed by atoms with Crippen LogP contribution in [-0.4, -0.2) is 32.5 Å². The predicted molar refractivity (Wildman–Crippen MR) is 98.0 cm³/mol. The molecule has 0 amide bonds. The van der Waals surface area contributed by atoms with E-state index in [4.69, 9.17) is 14.0 Å². The molecular formula is C19H22NO3P. The van der Waals surface area contributed by atoms with Gasteiger partial charge in [0.25, 0.3) is 0 Å². The van der Waals surface area contributed by atoms with E-state index < -0.39 is 8.15 Å². The first-order valence-electron chi connectivity index (χ1n) is 7.69. The molecule has 1 aromatic heterocycles. The minimum Gasteiger partial charge on any atom is -0.497 e. The van der Waals surface area contributed by atoms with Crippen LogP contribution >= 0.6 is 8.15 Å².